The molecule has 0 radical (unpaired) electrons. The molecule has 0 saturated carbocycles. The molecular formula is C19H17BrN2OS. The molecular weight excluding hydrogens is 384 g/mol. The first kappa shape index (κ1) is 15.8. The summed E-state index contributed by atoms with van der Waals surface area (Å²) in [4.78, 5) is 7.20. The van der Waals surface area contributed by atoms with E-state index in [0.717, 1.165) is 47.0 Å². The number of nitrogens with zero attached hydrogens (tertiary/aromatic N) is 2. The number of anilines is 1. The minimum absolute atomic E-state index is 0.801. The topological polar surface area (TPSA) is 25.4 Å². The van der Waals surface area contributed by atoms with Gasteiger partial charge in [-0.2, -0.15) is 0 Å². The SMILES string of the molecule is Brc1ccc(-c2csc(-c3cccc(N4CCOCC4)c3)n2)cc1. The van der Waals surface area contributed by atoms with Gasteiger partial charge in [-0.15, -0.1) is 11.3 Å². The summed E-state index contributed by atoms with van der Waals surface area (Å²) in [5.74, 6) is 0. The summed E-state index contributed by atoms with van der Waals surface area (Å²) < 4.78 is 6.52. The van der Waals surface area contributed by atoms with Crippen LogP contribution in [0.3, 0.4) is 0 Å². The minimum atomic E-state index is 0.801. The molecule has 0 spiro atoms. The van der Waals surface area contributed by atoms with Crippen molar-refractivity contribution in [3.63, 3.8) is 0 Å². The molecule has 3 nitrogen and oxygen atoms in total. The molecule has 0 amide bonds. The average molecular weight is 401 g/mol. The molecule has 2 heterocycles. The number of ether oxygens (including phenoxy) is 1. The van der Waals surface area contributed by atoms with Gasteiger partial charge in [0.1, 0.15) is 5.01 Å². The van der Waals surface area contributed by atoms with Crippen LogP contribution in [0.1, 0.15) is 0 Å². The Kier molecular flexibility index (Phi) is 4.65. The van der Waals surface area contributed by atoms with Crippen molar-refractivity contribution in [2.45, 2.75) is 0 Å². The van der Waals surface area contributed by atoms with Gasteiger partial charge in [0.25, 0.3) is 0 Å². The van der Waals surface area contributed by atoms with Crippen LogP contribution in [0.5, 0.6) is 0 Å². The van der Waals surface area contributed by atoms with Crippen LogP contribution in [0, 0.1) is 0 Å². The van der Waals surface area contributed by atoms with Crippen molar-refractivity contribution in [2.24, 2.45) is 0 Å². The van der Waals surface area contributed by atoms with Crippen LogP contribution in [-0.2, 0) is 4.74 Å². The van der Waals surface area contributed by atoms with E-state index in [-0.39, 0.29) is 0 Å². The van der Waals surface area contributed by atoms with Crippen molar-refractivity contribution in [3.05, 3.63) is 58.4 Å². The zero-order valence-electron chi connectivity index (χ0n) is 13.1. The van der Waals surface area contributed by atoms with Crippen molar-refractivity contribution >= 4 is 33.0 Å². The van der Waals surface area contributed by atoms with E-state index in [1.165, 1.54) is 11.3 Å². The van der Waals surface area contributed by atoms with E-state index < -0.39 is 0 Å². The minimum Gasteiger partial charge on any atom is -0.378 e. The van der Waals surface area contributed by atoms with Gasteiger partial charge in [0.05, 0.1) is 18.9 Å². The number of rotatable bonds is 3. The van der Waals surface area contributed by atoms with Crippen LogP contribution < -0.4 is 4.90 Å². The molecule has 5 heteroatoms. The second-order valence-electron chi connectivity index (χ2n) is 5.69. The van der Waals surface area contributed by atoms with Gasteiger partial charge in [-0.3, -0.25) is 0 Å². The van der Waals surface area contributed by atoms with Crippen molar-refractivity contribution in [2.75, 3.05) is 31.2 Å². The predicted octanol–water partition coefficient (Wildman–Crippen LogP) is 5.08. The van der Waals surface area contributed by atoms with Crippen molar-refractivity contribution in [1.82, 2.24) is 4.98 Å². The summed E-state index contributed by atoms with van der Waals surface area (Å²) in [5.41, 5.74) is 4.59. The third-order valence-corrected chi connectivity index (χ3v) is 5.53. The zero-order valence-corrected chi connectivity index (χ0v) is 15.5. The molecule has 1 aliphatic rings. The molecule has 2 aromatic carbocycles. The normalized spacial score (nSPS) is 14.8. The second kappa shape index (κ2) is 7.05. The molecule has 0 atom stereocenters. The van der Waals surface area contributed by atoms with E-state index >= 15 is 0 Å². The van der Waals surface area contributed by atoms with Crippen molar-refractivity contribution in [3.8, 4) is 21.8 Å². The monoisotopic (exact) mass is 400 g/mol. The summed E-state index contributed by atoms with van der Waals surface area (Å²) in [5, 5.41) is 3.18. The van der Waals surface area contributed by atoms with Crippen LogP contribution in [0.25, 0.3) is 21.8 Å². The first-order valence-corrected chi connectivity index (χ1v) is 9.61. The van der Waals surface area contributed by atoms with Crippen LogP contribution in [0.4, 0.5) is 5.69 Å². The van der Waals surface area contributed by atoms with Gasteiger partial charge in [-0.25, -0.2) is 4.98 Å². The van der Waals surface area contributed by atoms with E-state index in [4.69, 9.17) is 9.72 Å². The molecule has 0 aliphatic carbocycles. The van der Waals surface area contributed by atoms with E-state index in [9.17, 15) is 0 Å². The molecule has 0 unspecified atom stereocenters. The van der Waals surface area contributed by atoms with E-state index in [2.05, 4.69) is 62.6 Å². The lowest BCUT2D eigenvalue weighted by atomic mass is 10.1. The molecule has 1 fully saturated rings. The van der Waals surface area contributed by atoms with E-state index in [0.29, 0.717) is 0 Å². The number of aromatic nitrogens is 1. The Balaban J connectivity index is 1.61. The fourth-order valence-electron chi connectivity index (χ4n) is 2.82. The second-order valence-corrected chi connectivity index (χ2v) is 7.47. The Hall–Kier alpha value is -1.69. The Morgan fingerprint density at radius 3 is 2.58 bits per heavy atom. The Morgan fingerprint density at radius 1 is 1.00 bits per heavy atom. The van der Waals surface area contributed by atoms with Crippen LogP contribution >= 0.6 is 27.3 Å². The lowest BCUT2D eigenvalue weighted by Crippen LogP contribution is -2.36. The smallest absolute Gasteiger partial charge is 0.124 e. The molecule has 1 aliphatic heterocycles. The summed E-state index contributed by atoms with van der Waals surface area (Å²) in [6, 6.07) is 16.9. The average Bonchev–Trinajstić information content (AvgIpc) is 3.13. The highest BCUT2D eigenvalue weighted by molar-refractivity contribution is 9.10. The van der Waals surface area contributed by atoms with Crippen molar-refractivity contribution in [1.29, 1.82) is 0 Å². The van der Waals surface area contributed by atoms with Crippen LogP contribution in [0.15, 0.2) is 58.4 Å². The van der Waals surface area contributed by atoms with Gasteiger partial charge >= 0.3 is 0 Å². The van der Waals surface area contributed by atoms with Gasteiger partial charge in [-0.1, -0.05) is 40.2 Å². The number of morpholine rings is 1. The first-order chi connectivity index (χ1) is 11.8. The van der Waals surface area contributed by atoms with Crippen LogP contribution in [-0.4, -0.2) is 31.3 Å². The number of halogens is 1. The number of benzene rings is 2. The number of thiazole rings is 1. The maximum atomic E-state index is 5.44. The van der Waals surface area contributed by atoms with Gasteiger partial charge in [0.15, 0.2) is 0 Å². The summed E-state index contributed by atoms with van der Waals surface area (Å²) in [6.45, 7) is 3.50. The summed E-state index contributed by atoms with van der Waals surface area (Å²) >= 11 is 5.17. The van der Waals surface area contributed by atoms with Gasteiger partial charge in [0, 0.05) is 39.8 Å². The van der Waals surface area contributed by atoms with E-state index in [1.807, 2.05) is 12.1 Å². The third-order valence-electron chi connectivity index (χ3n) is 4.11. The molecule has 4 rings (SSSR count). The Bertz CT molecular complexity index is 825. The van der Waals surface area contributed by atoms with Gasteiger partial charge < -0.3 is 9.64 Å². The van der Waals surface area contributed by atoms with Gasteiger partial charge in [0.2, 0.25) is 0 Å². The first-order valence-electron chi connectivity index (χ1n) is 7.94. The summed E-state index contributed by atoms with van der Waals surface area (Å²) in [6.07, 6.45) is 0. The number of hydrogen-bond donors (Lipinski definition) is 0. The standard InChI is InChI=1S/C19H17BrN2OS/c20-16-6-4-14(5-7-16)18-13-24-19(21-18)15-2-1-3-17(12-15)22-8-10-23-11-9-22/h1-7,12-13H,8-11H2. The fraction of sp³-hybridized carbons (Fsp3) is 0.211. The molecule has 3 aromatic rings. The van der Waals surface area contributed by atoms with Gasteiger partial charge in [-0.05, 0) is 24.3 Å². The molecule has 0 bridgehead atoms. The summed E-state index contributed by atoms with van der Waals surface area (Å²) in [7, 11) is 0. The zero-order chi connectivity index (χ0) is 16.4. The molecule has 0 N–H and O–H groups in total. The molecule has 1 aromatic heterocycles. The Morgan fingerprint density at radius 2 is 1.79 bits per heavy atom. The molecule has 24 heavy (non-hydrogen) atoms. The molecule has 1 saturated heterocycles. The Labute approximate surface area is 154 Å². The fourth-order valence-corrected chi connectivity index (χ4v) is 3.91. The highest BCUT2D eigenvalue weighted by Crippen LogP contribution is 2.31. The lowest BCUT2D eigenvalue weighted by molar-refractivity contribution is 0.122. The maximum Gasteiger partial charge on any atom is 0.124 e. The largest absolute Gasteiger partial charge is 0.378 e. The third kappa shape index (κ3) is 3.38. The highest BCUT2D eigenvalue weighted by atomic mass is 79.9. The predicted molar refractivity (Wildman–Crippen MR) is 104 cm³/mol. The van der Waals surface area contributed by atoms with E-state index in [1.54, 1.807) is 11.3 Å². The van der Waals surface area contributed by atoms with Crippen LogP contribution in [0.2, 0.25) is 0 Å². The lowest BCUT2D eigenvalue weighted by Gasteiger charge is -2.29. The number of hydrogen-bond acceptors (Lipinski definition) is 4. The molecule has 122 valence electrons. The van der Waals surface area contributed by atoms with Crippen molar-refractivity contribution < 1.29 is 4.74 Å². The highest BCUT2D eigenvalue weighted by Gasteiger charge is 2.13. The quantitative estimate of drug-likeness (QED) is 0.612. The maximum absolute atomic E-state index is 5.44.